The first-order valence-electron chi connectivity index (χ1n) is 9.95. The Morgan fingerprint density at radius 3 is 2.79 bits per heavy atom. The number of carbonyl (C=O) groups excluding carboxylic acids is 1. The van der Waals surface area contributed by atoms with Crippen LogP contribution in [0.15, 0.2) is 23.4 Å². The maximum atomic E-state index is 12.3. The summed E-state index contributed by atoms with van der Waals surface area (Å²) in [5.41, 5.74) is 0. The average Bonchev–Trinajstić information content (AvgIpc) is 3.13. The Morgan fingerprint density at radius 1 is 1.31 bits per heavy atom. The molecule has 0 spiro atoms. The fourth-order valence-corrected chi connectivity index (χ4v) is 4.61. The van der Waals surface area contributed by atoms with Gasteiger partial charge in [-0.2, -0.15) is 0 Å². The number of nitrogens with one attached hydrogen (secondary N) is 1. The Bertz CT molecular complexity index is 840. The minimum absolute atomic E-state index is 0.0455. The molecule has 0 radical (unpaired) electrons. The number of nitrogens with zero attached hydrogens (tertiary/aromatic N) is 3. The van der Waals surface area contributed by atoms with Crippen molar-refractivity contribution in [1.29, 1.82) is 0 Å². The molecule has 1 saturated carbocycles. The van der Waals surface area contributed by atoms with Crippen molar-refractivity contribution in [3.63, 3.8) is 0 Å². The molecule has 1 unspecified atom stereocenters. The average molecular weight is 457 g/mol. The van der Waals surface area contributed by atoms with Gasteiger partial charge in [-0.3, -0.25) is 4.79 Å². The lowest BCUT2D eigenvalue weighted by Gasteiger charge is -2.22. The predicted octanol–water partition coefficient (Wildman–Crippen LogP) is 5.29. The number of aromatic nitrogens is 3. The third-order valence-electron chi connectivity index (χ3n) is 4.92. The third-order valence-corrected chi connectivity index (χ3v) is 6.44. The van der Waals surface area contributed by atoms with E-state index in [-0.39, 0.29) is 12.0 Å². The highest BCUT2D eigenvalue weighted by molar-refractivity contribution is 7.99. The highest BCUT2D eigenvalue weighted by Crippen LogP contribution is 2.32. The number of hydrogen-bond donors (Lipinski definition) is 1. The monoisotopic (exact) mass is 456 g/mol. The SMILES string of the molecule is CCn1c(SCC(=O)NC2CCCCC2)nnc1C(C)Oc1cc(Cl)ccc1Cl. The molecule has 1 aromatic carbocycles. The Balaban J connectivity index is 1.61. The van der Waals surface area contributed by atoms with E-state index < -0.39 is 0 Å². The molecule has 1 aliphatic carbocycles. The van der Waals surface area contributed by atoms with Gasteiger partial charge in [0.2, 0.25) is 5.91 Å². The van der Waals surface area contributed by atoms with E-state index in [0.29, 0.717) is 45.1 Å². The van der Waals surface area contributed by atoms with E-state index >= 15 is 0 Å². The van der Waals surface area contributed by atoms with Crippen LogP contribution in [0.5, 0.6) is 5.75 Å². The van der Waals surface area contributed by atoms with Crippen LogP contribution in [0, 0.1) is 0 Å². The van der Waals surface area contributed by atoms with E-state index in [1.165, 1.54) is 31.0 Å². The smallest absolute Gasteiger partial charge is 0.230 e. The van der Waals surface area contributed by atoms with Gasteiger partial charge in [0.15, 0.2) is 17.1 Å². The standard InChI is InChI=1S/C20H26Cl2N4O2S/c1-3-26-19(13(2)28-17-11-14(21)9-10-16(17)22)24-25-20(26)29-12-18(27)23-15-7-5-4-6-8-15/h9-11,13,15H,3-8,12H2,1-2H3,(H,23,27). The van der Waals surface area contributed by atoms with Crippen molar-refractivity contribution >= 4 is 40.9 Å². The molecule has 2 aromatic rings. The van der Waals surface area contributed by atoms with Crippen LogP contribution in [-0.4, -0.2) is 32.5 Å². The fourth-order valence-electron chi connectivity index (χ4n) is 3.46. The number of halogens is 2. The van der Waals surface area contributed by atoms with Crippen LogP contribution in [0.2, 0.25) is 10.0 Å². The molecular weight excluding hydrogens is 431 g/mol. The summed E-state index contributed by atoms with van der Waals surface area (Å²) in [6, 6.07) is 5.40. The number of hydrogen-bond acceptors (Lipinski definition) is 5. The van der Waals surface area contributed by atoms with Gasteiger partial charge in [-0.1, -0.05) is 54.2 Å². The van der Waals surface area contributed by atoms with Gasteiger partial charge < -0.3 is 14.6 Å². The number of carbonyl (C=O) groups is 1. The molecule has 1 N–H and O–H groups in total. The van der Waals surface area contributed by atoms with Gasteiger partial charge in [-0.15, -0.1) is 10.2 Å². The summed E-state index contributed by atoms with van der Waals surface area (Å²) in [7, 11) is 0. The van der Waals surface area contributed by atoms with Crippen LogP contribution in [0.25, 0.3) is 0 Å². The molecule has 0 bridgehead atoms. The van der Waals surface area contributed by atoms with Crippen molar-refractivity contribution in [2.75, 3.05) is 5.75 Å². The summed E-state index contributed by atoms with van der Waals surface area (Å²) in [5, 5.41) is 13.4. The number of rotatable bonds is 8. The summed E-state index contributed by atoms with van der Waals surface area (Å²) in [5.74, 6) is 1.55. The first-order valence-corrected chi connectivity index (χ1v) is 11.7. The summed E-state index contributed by atoms with van der Waals surface area (Å²) < 4.78 is 7.93. The van der Waals surface area contributed by atoms with Crippen LogP contribution >= 0.6 is 35.0 Å². The van der Waals surface area contributed by atoms with Crippen molar-refractivity contribution in [2.24, 2.45) is 0 Å². The van der Waals surface area contributed by atoms with E-state index in [1.807, 2.05) is 18.4 Å². The lowest BCUT2D eigenvalue weighted by molar-refractivity contribution is -0.119. The van der Waals surface area contributed by atoms with Crippen LogP contribution in [0.4, 0.5) is 0 Å². The van der Waals surface area contributed by atoms with Crippen LogP contribution in [-0.2, 0) is 11.3 Å². The molecule has 9 heteroatoms. The maximum Gasteiger partial charge on any atom is 0.230 e. The Hall–Kier alpha value is -1.44. The minimum atomic E-state index is -0.371. The van der Waals surface area contributed by atoms with Gasteiger partial charge in [-0.25, -0.2) is 0 Å². The first-order chi connectivity index (χ1) is 14.0. The summed E-state index contributed by atoms with van der Waals surface area (Å²) in [4.78, 5) is 12.3. The fraction of sp³-hybridized carbons (Fsp3) is 0.550. The van der Waals surface area contributed by atoms with Crippen LogP contribution in [0.3, 0.4) is 0 Å². The van der Waals surface area contributed by atoms with Crippen LogP contribution in [0.1, 0.15) is 57.9 Å². The van der Waals surface area contributed by atoms with E-state index in [9.17, 15) is 4.79 Å². The Morgan fingerprint density at radius 2 is 2.07 bits per heavy atom. The molecule has 1 amide bonds. The van der Waals surface area contributed by atoms with Crippen molar-refractivity contribution in [1.82, 2.24) is 20.1 Å². The topological polar surface area (TPSA) is 69.0 Å². The molecule has 1 atom stereocenters. The van der Waals surface area contributed by atoms with Crippen molar-refractivity contribution in [2.45, 2.75) is 69.8 Å². The normalized spacial score (nSPS) is 15.9. The molecule has 1 aliphatic rings. The zero-order valence-corrected chi connectivity index (χ0v) is 19.0. The Labute approximate surface area is 185 Å². The molecule has 158 valence electrons. The third kappa shape index (κ3) is 6.03. The molecular formula is C20H26Cl2N4O2S. The van der Waals surface area contributed by atoms with E-state index in [0.717, 1.165) is 12.8 Å². The van der Waals surface area contributed by atoms with Crippen molar-refractivity contribution < 1.29 is 9.53 Å². The second kappa shape index (κ2) is 10.5. The predicted molar refractivity (Wildman–Crippen MR) is 117 cm³/mol. The molecule has 0 saturated heterocycles. The summed E-state index contributed by atoms with van der Waals surface area (Å²) in [6.45, 7) is 4.57. The molecule has 1 heterocycles. The van der Waals surface area contributed by atoms with Crippen molar-refractivity contribution in [3.05, 3.63) is 34.1 Å². The molecule has 0 aliphatic heterocycles. The molecule has 1 aromatic heterocycles. The second-order valence-electron chi connectivity index (χ2n) is 7.11. The van der Waals surface area contributed by atoms with Gasteiger partial charge >= 0.3 is 0 Å². The molecule has 3 rings (SSSR count). The minimum Gasteiger partial charge on any atom is -0.481 e. The van der Waals surface area contributed by atoms with Gasteiger partial charge in [0.1, 0.15) is 5.75 Å². The molecule has 29 heavy (non-hydrogen) atoms. The van der Waals surface area contributed by atoms with E-state index in [4.69, 9.17) is 27.9 Å². The lowest BCUT2D eigenvalue weighted by atomic mass is 9.95. The number of amides is 1. The van der Waals surface area contributed by atoms with Crippen molar-refractivity contribution in [3.8, 4) is 5.75 Å². The lowest BCUT2D eigenvalue weighted by Crippen LogP contribution is -2.37. The van der Waals surface area contributed by atoms with Gasteiger partial charge in [0.25, 0.3) is 0 Å². The highest BCUT2D eigenvalue weighted by atomic mass is 35.5. The number of ether oxygens (including phenoxy) is 1. The zero-order chi connectivity index (χ0) is 20.8. The van der Waals surface area contributed by atoms with Crippen LogP contribution < -0.4 is 10.1 Å². The van der Waals surface area contributed by atoms with Gasteiger partial charge in [-0.05, 0) is 38.8 Å². The molecule has 1 fully saturated rings. The number of thioether (sulfide) groups is 1. The largest absolute Gasteiger partial charge is 0.481 e. The number of benzene rings is 1. The second-order valence-corrected chi connectivity index (χ2v) is 8.90. The van der Waals surface area contributed by atoms with Gasteiger partial charge in [0.05, 0.1) is 10.8 Å². The summed E-state index contributed by atoms with van der Waals surface area (Å²) >= 11 is 13.6. The zero-order valence-electron chi connectivity index (χ0n) is 16.7. The Kier molecular flexibility index (Phi) is 8.09. The van der Waals surface area contributed by atoms with E-state index in [2.05, 4.69) is 15.5 Å². The maximum absolute atomic E-state index is 12.3. The molecule has 6 nitrogen and oxygen atoms in total. The quantitative estimate of drug-likeness (QED) is 0.546. The van der Waals surface area contributed by atoms with E-state index in [1.54, 1.807) is 18.2 Å². The highest BCUT2D eigenvalue weighted by Gasteiger charge is 2.21. The summed E-state index contributed by atoms with van der Waals surface area (Å²) in [6.07, 6.45) is 5.44. The first kappa shape index (κ1) is 22.2. The van der Waals surface area contributed by atoms with Gasteiger partial charge in [0, 0.05) is 23.7 Å².